The highest BCUT2D eigenvalue weighted by atomic mass is 16.5. The van der Waals surface area contributed by atoms with Crippen LogP contribution in [0.1, 0.15) is 40.5 Å². The Morgan fingerprint density at radius 3 is 1.58 bits per heavy atom. The first kappa shape index (κ1) is 12.0. The van der Waals surface area contributed by atoms with Crippen LogP contribution in [-0.2, 0) is 4.65 Å². The highest BCUT2D eigenvalue weighted by Gasteiger charge is 2.29. The van der Waals surface area contributed by atoms with Gasteiger partial charge in [0.15, 0.2) is 0 Å². The predicted octanol–water partition coefficient (Wildman–Crippen LogP) is 1.94. The van der Waals surface area contributed by atoms with E-state index in [1.807, 2.05) is 0 Å². The minimum atomic E-state index is -0.247. The lowest BCUT2D eigenvalue weighted by molar-refractivity contribution is -0.0826. The van der Waals surface area contributed by atoms with Crippen LogP contribution in [0.2, 0.25) is 0 Å². The Morgan fingerprint density at radius 2 is 1.50 bits per heavy atom. The summed E-state index contributed by atoms with van der Waals surface area (Å²) in [6.07, 6.45) is 1.86. The maximum absolute atomic E-state index is 5.34. The molecule has 0 heterocycles. The average Bonchev–Trinajstić information content (AvgIpc) is 2.14. The zero-order chi connectivity index (χ0) is 9.61. The van der Waals surface area contributed by atoms with E-state index in [0.717, 1.165) is 25.9 Å². The van der Waals surface area contributed by atoms with E-state index in [-0.39, 0.29) is 5.72 Å². The Bertz CT molecular complexity index is 103. The van der Waals surface area contributed by atoms with Gasteiger partial charge in [-0.05, 0) is 25.9 Å². The molecule has 12 heavy (non-hydrogen) atoms. The molecule has 0 aliphatic rings. The van der Waals surface area contributed by atoms with Gasteiger partial charge < -0.3 is 4.65 Å². The fraction of sp³-hybridized carbons (Fsp3) is 1.00. The molecule has 0 saturated carbocycles. The zero-order valence-corrected chi connectivity index (χ0v) is 8.76. The van der Waals surface area contributed by atoms with Gasteiger partial charge in [0.1, 0.15) is 5.72 Å². The molecule has 2 nitrogen and oxygen atoms in total. The number of hydrogen-bond donors (Lipinski definition) is 0. The summed E-state index contributed by atoms with van der Waals surface area (Å²) in [6.45, 7) is 10.4. The minimum absolute atomic E-state index is 0.247. The van der Waals surface area contributed by atoms with Gasteiger partial charge in [-0.3, -0.25) is 4.90 Å². The van der Waals surface area contributed by atoms with E-state index in [2.05, 4.69) is 32.6 Å². The standard InChI is InChI=1S/C9H20BNO/c1-5-9(6-2,12-10)11(7-3)8-4/h5-8H2,1-4H3. The van der Waals surface area contributed by atoms with E-state index >= 15 is 0 Å². The fourth-order valence-electron chi connectivity index (χ4n) is 1.74. The molecular formula is C9H20BNO. The van der Waals surface area contributed by atoms with Gasteiger partial charge >= 0.3 is 0 Å². The second kappa shape index (κ2) is 5.60. The molecule has 0 unspecified atom stereocenters. The molecule has 2 radical (unpaired) electrons. The average molecular weight is 169 g/mol. The van der Waals surface area contributed by atoms with Crippen molar-refractivity contribution in [2.24, 2.45) is 0 Å². The molecule has 0 aromatic carbocycles. The molecule has 0 rings (SSSR count). The summed E-state index contributed by atoms with van der Waals surface area (Å²) in [7, 11) is 5.34. The molecule has 0 atom stereocenters. The molecule has 0 bridgehead atoms. The van der Waals surface area contributed by atoms with Crippen molar-refractivity contribution in [3.8, 4) is 0 Å². The van der Waals surface area contributed by atoms with Crippen LogP contribution in [0.3, 0.4) is 0 Å². The maximum Gasteiger partial charge on any atom is 0.285 e. The van der Waals surface area contributed by atoms with Gasteiger partial charge in [-0.1, -0.05) is 27.7 Å². The molecule has 0 aromatic rings. The molecule has 0 aromatic heterocycles. The smallest absolute Gasteiger partial charge is 0.285 e. The van der Waals surface area contributed by atoms with Gasteiger partial charge in [0.25, 0.3) is 8.05 Å². The molecule has 0 N–H and O–H groups in total. The van der Waals surface area contributed by atoms with Gasteiger partial charge in [-0.25, -0.2) is 0 Å². The Balaban J connectivity index is 4.42. The van der Waals surface area contributed by atoms with Crippen molar-refractivity contribution in [2.45, 2.75) is 46.3 Å². The molecular weight excluding hydrogens is 149 g/mol. The van der Waals surface area contributed by atoms with Crippen LogP contribution in [0.15, 0.2) is 0 Å². The van der Waals surface area contributed by atoms with Crippen LogP contribution in [0.5, 0.6) is 0 Å². The maximum atomic E-state index is 5.34. The molecule has 0 amide bonds. The van der Waals surface area contributed by atoms with Crippen molar-refractivity contribution >= 4 is 8.05 Å². The number of hydrogen-bond acceptors (Lipinski definition) is 2. The summed E-state index contributed by atoms with van der Waals surface area (Å²) < 4.78 is 5.11. The van der Waals surface area contributed by atoms with Crippen LogP contribution in [0, 0.1) is 0 Å². The third-order valence-corrected chi connectivity index (χ3v) is 2.66. The fourth-order valence-corrected chi connectivity index (χ4v) is 1.74. The monoisotopic (exact) mass is 169 g/mol. The second-order valence-electron chi connectivity index (χ2n) is 2.94. The molecule has 0 saturated heterocycles. The van der Waals surface area contributed by atoms with Crippen LogP contribution >= 0.6 is 0 Å². The van der Waals surface area contributed by atoms with Crippen molar-refractivity contribution in [3.05, 3.63) is 0 Å². The Labute approximate surface area is 77.7 Å². The first-order valence-corrected chi connectivity index (χ1v) is 4.83. The minimum Gasteiger partial charge on any atom is -0.431 e. The number of rotatable bonds is 6. The van der Waals surface area contributed by atoms with Crippen molar-refractivity contribution < 1.29 is 4.65 Å². The van der Waals surface area contributed by atoms with Gasteiger partial charge in [0.2, 0.25) is 0 Å². The third-order valence-electron chi connectivity index (χ3n) is 2.66. The van der Waals surface area contributed by atoms with Crippen LogP contribution < -0.4 is 0 Å². The first-order valence-electron chi connectivity index (χ1n) is 4.83. The predicted molar refractivity (Wildman–Crippen MR) is 53.1 cm³/mol. The van der Waals surface area contributed by atoms with E-state index in [4.69, 9.17) is 12.7 Å². The topological polar surface area (TPSA) is 12.5 Å². The molecule has 0 aliphatic carbocycles. The van der Waals surface area contributed by atoms with Crippen LogP contribution in [0.25, 0.3) is 0 Å². The largest absolute Gasteiger partial charge is 0.431 e. The van der Waals surface area contributed by atoms with E-state index in [1.165, 1.54) is 0 Å². The Kier molecular flexibility index (Phi) is 5.59. The van der Waals surface area contributed by atoms with Crippen molar-refractivity contribution in [2.75, 3.05) is 13.1 Å². The summed E-state index contributed by atoms with van der Waals surface area (Å²) in [5, 5.41) is 0. The van der Waals surface area contributed by atoms with Crippen molar-refractivity contribution in [1.29, 1.82) is 0 Å². The second-order valence-corrected chi connectivity index (χ2v) is 2.94. The Hall–Kier alpha value is -0.0151. The first-order chi connectivity index (χ1) is 5.70. The van der Waals surface area contributed by atoms with Crippen molar-refractivity contribution in [1.82, 2.24) is 4.90 Å². The van der Waals surface area contributed by atoms with Gasteiger partial charge in [-0.2, -0.15) is 0 Å². The lowest BCUT2D eigenvalue weighted by Gasteiger charge is -2.41. The van der Waals surface area contributed by atoms with E-state index in [1.54, 1.807) is 0 Å². The van der Waals surface area contributed by atoms with Crippen LogP contribution in [-0.4, -0.2) is 31.8 Å². The summed E-state index contributed by atoms with van der Waals surface area (Å²) in [5.41, 5.74) is -0.247. The summed E-state index contributed by atoms with van der Waals surface area (Å²) in [4.78, 5) is 2.26. The molecule has 70 valence electrons. The lowest BCUT2D eigenvalue weighted by atomic mass is 10.0. The highest BCUT2D eigenvalue weighted by Crippen LogP contribution is 2.23. The quantitative estimate of drug-likeness (QED) is 0.445. The summed E-state index contributed by atoms with van der Waals surface area (Å²) in [6, 6.07) is 0. The summed E-state index contributed by atoms with van der Waals surface area (Å²) in [5.74, 6) is 0. The normalized spacial score (nSPS) is 12.4. The van der Waals surface area contributed by atoms with E-state index in [0.29, 0.717) is 0 Å². The van der Waals surface area contributed by atoms with Gasteiger partial charge in [0, 0.05) is 0 Å². The van der Waals surface area contributed by atoms with Crippen LogP contribution in [0.4, 0.5) is 0 Å². The van der Waals surface area contributed by atoms with E-state index in [9.17, 15) is 0 Å². The molecule has 3 heteroatoms. The lowest BCUT2D eigenvalue weighted by Crippen LogP contribution is -2.49. The zero-order valence-electron chi connectivity index (χ0n) is 8.76. The SMILES string of the molecule is [B]OC(CC)(CC)N(CC)CC. The van der Waals surface area contributed by atoms with Crippen molar-refractivity contribution in [3.63, 3.8) is 0 Å². The highest BCUT2D eigenvalue weighted by molar-refractivity contribution is 5.98. The molecule has 0 spiro atoms. The summed E-state index contributed by atoms with van der Waals surface area (Å²) >= 11 is 0. The molecule has 0 fully saturated rings. The third kappa shape index (κ3) is 2.24. The van der Waals surface area contributed by atoms with Gasteiger partial charge in [0.05, 0.1) is 0 Å². The number of nitrogens with zero attached hydrogens (tertiary/aromatic N) is 1. The molecule has 0 aliphatic heterocycles. The van der Waals surface area contributed by atoms with E-state index < -0.39 is 0 Å². The van der Waals surface area contributed by atoms with Gasteiger partial charge in [-0.15, -0.1) is 0 Å². The Morgan fingerprint density at radius 1 is 1.08 bits per heavy atom.